The van der Waals surface area contributed by atoms with Gasteiger partial charge in [0.25, 0.3) is 5.91 Å². The standard InChI is InChI=1S/C16H20ClN3O2/c1-11(2)7-14(10-21)19-16(22)12-8-18-20(9-12)15-5-3-13(17)4-6-15/h3-6,8-9,11,14,21H,7,10H2,1-2H3,(H,19,22). The van der Waals surface area contributed by atoms with E-state index >= 15 is 0 Å². The average molecular weight is 322 g/mol. The van der Waals surface area contributed by atoms with Gasteiger partial charge in [-0.25, -0.2) is 4.68 Å². The quantitative estimate of drug-likeness (QED) is 0.859. The summed E-state index contributed by atoms with van der Waals surface area (Å²) in [5, 5.41) is 17.0. The second-order valence-electron chi connectivity index (χ2n) is 5.63. The third-order valence-electron chi connectivity index (χ3n) is 3.25. The largest absolute Gasteiger partial charge is 0.394 e. The van der Waals surface area contributed by atoms with E-state index in [-0.39, 0.29) is 18.6 Å². The van der Waals surface area contributed by atoms with Gasteiger partial charge in [-0.05, 0) is 36.6 Å². The molecule has 1 amide bonds. The Hall–Kier alpha value is -1.85. The molecule has 1 atom stereocenters. The van der Waals surface area contributed by atoms with Crippen molar-refractivity contribution < 1.29 is 9.90 Å². The average Bonchev–Trinajstić information content (AvgIpc) is 2.96. The summed E-state index contributed by atoms with van der Waals surface area (Å²) in [6.07, 6.45) is 3.89. The second kappa shape index (κ2) is 7.42. The number of halogens is 1. The van der Waals surface area contributed by atoms with Gasteiger partial charge in [0.2, 0.25) is 0 Å². The van der Waals surface area contributed by atoms with E-state index in [1.807, 2.05) is 26.0 Å². The van der Waals surface area contributed by atoms with Crippen molar-refractivity contribution in [3.63, 3.8) is 0 Å². The number of carbonyl (C=O) groups is 1. The molecule has 2 rings (SSSR count). The van der Waals surface area contributed by atoms with Gasteiger partial charge in [-0.15, -0.1) is 0 Å². The molecule has 2 N–H and O–H groups in total. The van der Waals surface area contributed by atoms with E-state index in [1.54, 1.807) is 23.0 Å². The highest BCUT2D eigenvalue weighted by Gasteiger charge is 2.16. The number of rotatable bonds is 6. The Bertz CT molecular complexity index is 623. The fourth-order valence-electron chi connectivity index (χ4n) is 2.19. The molecule has 0 saturated heterocycles. The van der Waals surface area contributed by atoms with E-state index in [9.17, 15) is 9.90 Å². The fourth-order valence-corrected chi connectivity index (χ4v) is 2.32. The van der Waals surface area contributed by atoms with E-state index in [0.717, 1.165) is 12.1 Å². The number of aliphatic hydroxyl groups is 1. The van der Waals surface area contributed by atoms with E-state index in [4.69, 9.17) is 11.6 Å². The van der Waals surface area contributed by atoms with Gasteiger partial charge >= 0.3 is 0 Å². The lowest BCUT2D eigenvalue weighted by atomic mass is 10.0. The first-order chi connectivity index (χ1) is 10.5. The van der Waals surface area contributed by atoms with Gasteiger partial charge in [-0.3, -0.25) is 4.79 Å². The van der Waals surface area contributed by atoms with Crippen molar-refractivity contribution in [1.29, 1.82) is 0 Å². The van der Waals surface area contributed by atoms with Gasteiger partial charge in [0.1, 0.15) is 0 Å². The molecule has 22 heavy (non-hydrogen) atoms. The van der Waals surface area contributed by atoms with Crippen LogP contribution in [0, 0.1) is 5.92 Å². The molecule has 0 radical (unpaired) electrons. The van der Waals surface area contributed by atoms with Gasteiger partial charge in [0.05, 0.1) is 30.1 Å². The van der Waals surface area contributed by atoms with Gasteiger partial charge in [-0.2, -0.15) is 5.10 Å². The Balaban J connectivity index is 2.07. The second-order valence-corrected chi connectivity index (χ2v) is 6.07. The van der Waals surface area contributed by atoms with E-state index in [0.29, 0.717) is 16.5 Å². The predicted octanol–water partition coefficient (Wildman–Crippen LogP) is 2.66. The molecular weight excluding hydrogens is 302 g/mol. The van der Waals surface area contributed by atoms with Crippen LogP contribution in [0.2, 0.25) is 5.02 Å². The number of amides is 1. The molecule has 0 spiro atoms. The minimum Gasteiger partial charge on any atom is -0.394 e. The summed E-state index contributed by atoms with van der Waals surface area (Å²) >= 11 is 5.85. The molecule has 1 heterocycles. The van der Waals surface area contributed by atoms with Crippen molar-refractivity contribution in [3.8, 4) is 5.69 Å². The van der Waals surface area contributed by atoms with Crippen LogP contribution in [0.3, 0.4) is 0 Å². The SMILES string of the molecule is CC(C)CC(CO)NC(=O)c1cnn(-c2ccc(Cl)cc2)c1. The topological polar surface area (TPSA) is 67.2 Å². The summed E-state index contributed by atoms with van der Waals surface area (Å²) < 4.78 is 1.61. The number of aromatic nitrogens is 2. The first-order valence-electron chi connectivity index (χ1n) is 7.22. The number of aliphatic hydroxyl groups excluding tert-OH is 1. The minimum atomic E-state index is -0.244. The predicted molar refractivity (Wildman–Crippen MR) is 86.4 cm³/mol. The lowest BCUT2D eigenvalue weighted by molar-refractivity contribution is 0.0908. The van der Waals surface area contributed by atoms with Crippen LogP contribution in [-0.2, 0) is 0 Å². The van der Waals surface area contributed by atoms with Crippen molar-refractivity contribution >= 4 is 17.5 Å². The fraction of sp³-hybridized carbons (Fsp3) is 0.375. The van der Waals surface area contributed by atoms with Crippen molar-refractivity contribution in [2.24, 2.45) is 5.92 Å². The van der Waals surface area contributed by atoms with Crippen LogP contribution < -0.4 is 5.32 Å². The molecule has 0 fully saturated rings. The van der Waals surface area contributed by atoms with Crippen molar-refractivity contribution in [1.82, 2.24) is 15.1 Å². The van der Waals surface area contributed by atoms with E-state index < -0.39 is 0 Å². The number of carbonyl (C=O) groups excluding carboxylic acids is 1. The van der Waals surface area contributed by atoms with Gasteiger partial charge in [0.15, 0.2) is 0 Å². The van der Waals surface area contributed by atoms with Crippen LogP contribution in [0.1, 0.15) is 30.6 Å². The molecule has 0 aliphatic heterocycles. The smallest absolute Gasteiger partial charge is 0.254 e. The molecule has 2 aromatic rings. The Morgan fingerprint density at radius 1 is 1.36 bits per heavy atom. The lowest BCUT2D eigenvalue weighted by Gasteiger charge is -2.17. The molecule has 1 aromatic heterocycles. The van der Waals surface area contributed by atoms with Crippen LogP contribution >= 0.6 is 11.6 Å². The van der Waals surface area contributed by atoms with Gasteiger partial charge < -0.3 is 10.4 Å². The number of nitrogens with zero attached hydrogens (tertiary/aromatic N) is 2. The Kier molecular flexibility index (Phi) is 5.57. The first kappa shape index (κ1) is 16.5. The Labute approximate surface area is 134 Å². The molecule has 0 saturated carbocycles. The van der Waals surface area contributed by atoms with Crippen LogP contribution in [0.4, 0.5) is 0 Å². The van der Waals surface area contributed by atoms with Crippen LogP contribution in [-0.4, -0.2) is 33.4 Å². The molecule has 6 heteroatoms. The van der Waals surface area contributed by atoms with E-state index in [1.165, 1.54) is 6.20 Å². The zero-order valence-corrected chi connectivity index (χ0v) is 13.4. The molecule has 118 valence electrons. The summed E-state index contributed by atoms with van der Waals surface area (Å²) in [5.41, 5.74) is 1.28. The highest BCUT2D eigenvalue weighted by molar-refractivity contribution is 6.30. The van der Waals surface area contributed by atoms with Crippen LogP contribution in [0.15, 0.2) is 36.7 Å². The van der Waals surface area contributed by atoms with E-state index in [2.05, 4.69) is 10.4 Å². The maximum atomic E-state index is 12.2. The Morgan fingerprint density at radius 2 is 2.05 bits per heavy atom. The number of hydrogen-bond acceptors (Lipinski definition) is 3. The normalized spacial score (nSPS) is 12.4. The van der Waals surface area contributed by atoms with Gasteiger partial charge in [-0.1, -0.05) is 25.4 Å². The summed E-state index contributed by atoms with van der Waals surface area (Å²) in [7, 11) is 0. The molecule has 5 nitrogen and oxygen atoms in total. The third kappa shape index (κ3) is 4.32. The maximum Gasteiger partial charge on any atom is 0.254 e. The summed E-state index contributed by atoms with van der Waals surface area (Å²) in [6.45, 7) is 4.02. The maximum absolute atomic E-state index is 12.2. The van der Waals surface area contributed by atoms with Gasteiger partial charge in [0, 0.05) is 11.2 Å². The third-order valence-corrected chi connectivity index (χ3v) is 3.50. The number of benzene rings is 1. The highest BCUT2D eigenvalue weighted by atomic mass is 35.5. The Morgan fingerprint density at radius 3 is 2.64 bits per heavy atom. The molecule has 0 bridgehead atoms. The summed E-state index contributed by atoms with van der Waals surface area (Å²) in [4.78, 5) is 12.2. The zero-order chi connectivity index (χ0) is 16.1. The van der Waals surface area contributed by atoms with Crippen molar-refractivity contribution in [2.75, 3.05) is 6.61 Å². The first-order valence-corrected chi connectivity index (χ1v) is 7.59. The summed E-state index contributed by atoms with van der Waals surface area (Å²) in [6, 6.07) is 6.94. The molecule has 1 unspecified atom stereocenters. The highest BCUT2D eigenvalue weighted by Crippen LogP contribution is 2.13. The molecule has 0 aliphatic rings. The summed E-state index contributed by atoms with van der Waals surface area (Å²) in [5.74, 6) is 0.161. The van der Waals surface area contributed by atoms with Crippen LogP contribution in [0.5, 0.6) is 0 Å². The monoisotopic (exact) mass is 321 g/mol. The van der Waals surface area contributed by atoms with Crippen molar-refractivity contribution in [3.05, 3.63) is 47.2 Å². The number of hydrogen-bond donors (Lipinski definition) is 2. The molecule has 0 aliphatic carbocycles. The van der Waals surface area contributed by atoms with Crippen molar-refractivity contribution in [2.45, 2.75) is 26.3 Å². The zero-order valence-electron chi connectivity index (χ0n) is 12.7. The molecule has 1 aromatic carbocycles. The molecular formula is C16H20ClN3O2. The number of nitrogens with one attached hydrogen (secondary N) is 1. The minimum absolute atomic E-state index is 0.0742. The lowest BCUT2D eigenvalue weighted by Crippen LogP contribution is -2.38. The van der Waals surface area contributed by atoms with Crippen LogP contribution in [0.25, 0.3) is 5.69 Å².